The number of nitrogens with zero attached hydrogens (tertiary/aromatic N) is 1. The van der Waals surface area contributed by atoms with Crippen molar-refractivity contribution in [3.63, 3.8) is 0 Å². The van der Waals surface area contributed by atoms with Crippen LogP contribution in [-0.4, -0.2) is 17.4 Å². The van der Waals surface area contributed by atoms with Crippen LogP contribution in [0.5, 0.6) is 0 Å². The van der Waals surface area contributed by atoms with Crippen molar-refractivity contribution in [3.8, 4) is 12.3 Å². The van der Waals surface area contributed by atoms with Crippen LogP contribution >= 0.6 is 0 Å². The molecule has 0 unspecified atom stereocenters. The summed E-state index contributed by atoms with van der Waals surface area (Å²) in [5.41, 5.74) is -0.148. The molecule has 1 rings (SSSR count). The van der Waals surface area contributed by atoms with Crippen molar-refractivity contribution < 1.29 is 13.6 Å². The molecule has 0 spiro atoms. The highest BCUT2D eigenvalue weighted by atomic mass is 19.1. The Morgan fingerprint density at radius 1 is 1.50 bits per heavy atom. The van der Waals surface area contributed by atoms with E-state index in [0.717, 1.165) is 12.1 Å². The first-order chi connectivity index (χ1) is 6.63. The van der Waals surface area contributed by atoms with E-state index in [9.17, 15) is 13.6 Å². The average molecular weight is 196 g/mol. The minimum absolute atomic E-state index is 0.00436. The lowest BCUT2D eigenvalue weighted by Gasteiger charge is -2.00. The van der Waals surface area contributed by atoms with Crippen molar-refractivity contribution in [1.29, 1.82) is 0 Å². The summed E-state index contributed by atoms with van der Waals surface area (Å²) in [6.45, 7) is 0.00436. The molecule has 0 aliphatic rings. The number of pyridine rings is 1. The summed E-state index contributed by atoms with van der Waals surface area (Å²) < 4.78 is 25.1. The monoisotopic (exact) mass is 196 g/mol. The maximum absolute atomic E-state index is 12.5. The van der Waals surface area contributed by atoms with Gasteiger partial charge in [-0.15, -0.1) is 6.42 Å². The Kier molecular flexibility index (Phi) is 3.13. The third-order valence-electron chi connectivity index (χ3n) is 1.38. The first-order valence-corrected chi connectivity index (χ1v) is 3.68. The molecule has 0 radical (unpaired) electrons. The third kappa shape index (κ3) is 2.52. The Balaban J connectivity index is 2.85. The van der Waals surface area contributed by atoms with Gasteiger partial charge in [-0.2, -0.15) is 13.8 Å². The van der Waals surface area contributed by atoms with E-state index in [4.69, 9.17) is 6.42 Å². The first-order valence-electron chi connectivity index (χ1n) is 3.68. The van der Waals surface area contributed by atoms with Crippen molar-refractivity contribution in [1.82, 2.24) is 10.3 Å². The second-order valence-electron chi connectivity index (χ2n) is 2.39. The van der Waals surface area contributed by atoms with Gasteiger partial charge < -0.3 is 5.32 Å². The van der Waals surface area contributed by atoms with Crippen LogP contribution in [-0.2, 0) is 0 Å². The van der Waals surface area contributed by atoms with Gasteiger partial charge in [0.05, 0.1) is 6.54 Å². The molecule has 14 heavy (non-hydrogen) atoms. The van der Waals surface area contributed by atoms with Gasteiger partial charge in [0.25, 0.3) is 5.91 Å². The second kappa shape index (κ2) is 4.33. The third-order valence-corrected chi connectivity index (χ3v) is 1.38. The van der Waals surface area contributed by atoms with Gasteiger partial charge in [-0.25, -0.2) is 0 Å². The molecule has 5 heteroatoms. The zero-order valence-corrected chi connectivity index (χ0v) is 7.05. The Bertz CT molecular complexity index is 378. The van der Waals surface area contributed by atoms with Gasteiger partial charge in [-0.1, -0.05) is 5.92 Å². The number of halogens is 2. The van der Waals surface area contributed by atoms with Gasteiger partial charge in [0.15, 0.2) is 0 Å². The number of carbonyl (C=O) groups excluding carboxylic acids is 1. The first kappa shape index (κ1) is 10.1. The van der Waals surface area contributed by atoms with E-state index in [0.29, 0.717) is 0 Å². The van der Waals surface area contributed by atoms with Crippen molar-refractivity contribution in [2.75, 3.05) is 6.54 Å². The fraction of sp³-hybridized carbons (Fsp3) is 0.111. The quantitative estimate of drug-likeness (QED) is 0.559. The minimum Gasteiger partial charge on any atom is -0.341 e. The topological polar surface area (TPSA) is 42.0 Å². The van der Waals surface area contributed by atoms with Crippen LogP contribution in [0.15, 0.2) is 12.1 Å². The number of terminal acetylenes is 1. The normalized spacial score (nSPS) is 9.21. The molecular formula is C9H6F2N2O. The molecule has 1 N–H and O–H groups in total. The van der Waals surface area contributed by atoms with Crippen molar-refractivity contribution in [2.24, 2.45) is 0 Å². The lowest BCUT2D eigenvalue weighted by atomic mass is 10.2. The van der Waals surface area contributed by atoms with Gasteiger partial charge in [-0.05, 0) is 0 Å². The molecule has 1 aromatic heterocycles. The zero-order chi connectivity index (χ0) is 10.6. The summed E-state index contributed by atoms with van der Waals surface area (Å²) >= 11 is 0. The molecule has 0 saturated heterocycles. The standard InChI is InChI=1S/C9H6F2N2O/c1-2-3-12-9(14)6-4-7(10)13-8(11)5-6/h1,4-5H,3H2,(H,12,14). The summed E-state index contributed by atoms with van der Waals surface area (Å²) in [6.07, 6.45) is 4.89. The number of hydrogen-bond acceptors (Lipinski definition) is 2. The average Bonchev–Trinajstić information content (AvgIpc) is 2.12. The molecule has 72 valence electrons. The summed E-state index contributed by atoms with van der Waals surface area (Å²) in [7, 11) is 0. The predicted octanol–water partition coefficient (Wildman–Crippen LogP) is 0.723. The van der Waals surface area contributed by atoms with Crippen molar-refractivity contribution in [3.05, 3.63) is 29.6 Å². The maximum Gasteiger partial charge on any atom is 0.252 e. The molecule has 3 nitrogen and oxygen atoms in total. The molecular weight excluding hydrogens is 190 g/mol. The van der Waals surface area contributed by atoms with E-state index in [-0.39, 0.29) is 12.1 Å². The van der Waals surface area contributed by atoms with Gasteiger partial charge in [0.1, 0.15) is 0 Å². The number of hydrogen-bond donors (Lipinski definition) is 1. The maximum atomic E-state index is 12.5. The van der Waals surface area contributed by atoms with Crippen LogP contribution in [0.2, 0.25) is 0 Å². The Morgan fingerprint density at radius 2 is 2.07 bits per heavy atom. The number of nitrogens with one attached hydrogen (secondary N) is 1. The van der Waals surface area contributed by atoms with E-state index in [1.165, 1.54) is 0 Å². The van der Waals surface area contributed by atoms with E-state index in [1.807, 2.05) is 0 Å². The second-order valence-corrected chi connectivity index (χ2v) is 2.39. The molecule has 0 aliphatic carbocycles. The molecule has 0 aromatic carbocycles. The van der Waals surface area contributed by atoms with Gasteiger partial charge >= 0.3 is 0 Å². The van der Waals surface area contributed by atoms with Gasteiger partial charge in [0.2, 0.25) is 11.9 Å². The zero-order valence-electron chi connectivity index (χ0n) is 7.05. The largest absolute Gasteiger partial charge is 0.341 e. The molecule has 0 bridgehead atoms. The Morgan fingerprint density at radius 3 is 2.57 bits per heavy atom. The van der Waals surface area contributed by atoms with E-state index in [1.54, 1.807) is 0 Å². The van der Waals surface area contributed by atoms with Crippen LogP contribution in [0, 0.1) is 24.2 Å². The van der Waals surface area contributed by atoms with Crippen LogP contribution < -0.4 is 5.32 Å². The lowest BCUT2D eigenvalue weighted by Crippen LogP contribution is -2.23. The molecule has 1 heterocycles. The van der Waals surface area contributed by atoms with Crippen LogP contribution in [0.25, 0.3) is 0 Å². The molecule has 0 fully saturated rings. The Labute approximate surface area is 79.2 Å². The van der Waals surface area contributed by atoms with Gasteiger partial charge in [0, 0.05) is 17.7 Å². The summed E-state index contributed by atoms with van der Waals surface area (Å²) in [4.78, 5) is 14.0. The SMILES string of the molecule is C#CCNC(=O)c1cc(F)nc(F)c1. The highest BCUT2D eigenvalue weighted by molar-refractivity contribution is 5.94. The summed E-state index contributed by atoms with van der Waals surface area (Å²) in [5.74, 6) is -0.564. The lowest BCUT2D eigenvalue weighted by molar-refractivity contribution is 0.0957. The van der Waals surface area contributed by atoms with Crippen LogP contribution in [0.3, 0.4) is 0 Å². The van der Waals surface area contributed by atoms with Crippen LogP contribution in [0.1, 0.15) is 10.4 Å². The van der Waals surface area contributed by atoms with Crippen molar-refractivity contribution >= 4 is 5.91 Å². The number of amides is 1. The summed E-state index contributed by atoms with van der Waals surface area (Å²) in [6, 6.07) is 1.66. The molecule has 1 amide bonds. The molecule has 0 aliphatic heterocycles. The smallest absolute Gasteiger partial charge is 0.252 e. The van der Waals surface area contributed by atoms with Gasteiger partial charge in [-0.3, -0.25) is 4.79 Å². The molecule has 0 atom stereocenters. The Hall–Kier alpha value is -1.96. The highest BCUT2D eigenvalue weighted by Crippen LogP contribution is 2.03. The highest BCUT2D eigenvalue weighted by Gasteiger charge is 2.08. The van der Waals surface area contributed by atoms with E-state index >= 15 is 0 Å². The minimum atomic E-state index is -1.05. The fourth-order valence-corrected chi connectivity index (χ4v) is 0.829. The number of aromatic nitrogens is 1. The molecule has 0 saturated carbocycles. The number of rotatable bonds is 2. The molecule has 1 aromatic rings. The predicted molar refractivity (Wildman–Crippen MR) is 45.3 cm³/mol. The van der Waals surface area contributed by atoms with E-state index < -0.39 is 17.8 Å². The van der Waals surface area contributed by atoms with Crippen molar-refractivity contribution in [2.45, 2.75) is 0 Å². The van der Waals surface area contributed by atoms with E-state index in [2.05, 4.69) is 16.2 Å². The summed E-state index contributed by atoms with van der Waals surface area (Å²) in [5, 5.41) is 2.27. The van der Waals surface area contributed by atoms with Crippen LogP contribution in [0.4, 0.5) is 8.78 Å². The number of carbonyl (C=O) groups is 1. The fourth-order valence-electron chi connectivity index (χ4n) is 0.829.